The minimum Gasteiger partial charge on any atom is -0.314 e. The van der Waals surface area contributed by atoms with Crippen LogP contribution in [0, 0.1) is 18.3 Å². The molecule has 1 saturated heterocycles. The Morgan fingerprint density at radius 2 is 2.30 bits per heavy atom. The largest absolute Gasteiger partial charge is 0.314 e. The number of benzene rings is 1. The number of nitrogens with one attached hydrogen (secondary N) is 2. The number of nitriles is 1. The lowest BCUT2D eigenvalue weighted by Crippen LogP contribution is -2.31. The van der Waals surface area contributed by atoms with Crippen LogP contribution in [0.25, 0.3) is 0 Å². The molecule has 0 spiro atoms. The normalized spacial score (nSPS) is 18.9. The number of sulfonamides is 1. The first-order chi connectivity index (χ1) is 9.53. The Hall–Kier alpha value is -1.42. The first-order valence-electron chi connectivity index (χ1n) is 6.77. The number of hydrogen-bond donors (Lipinski definition) is 2. The zero-order valence-electron chi connectivity index (χ0n) is 11.5. The first kappa shape index (κ1) is 15.0. The molecule has 1 heterocycles. The predicted molar refractivity (Wildman–Crippen MR) is 76.7 cm³/mol. The predicted octanol–water partition coefficient (Wildman–Crippen LogP) is 1.29. The van der Waals surface area contributed by atoms with Crippen molar-refractivity contribution < 1.29 is 8.42 Å². The Morgan fingerprint density at radius 3 is 2.90 bits per heavy atom. The molecule has 1 aromatic rings. The molecule has 1 aliphatic rings. The highest BCUT2D eigenvalue weighted by Gasteiger charge is 2.18. The molecular formula is C14H19N3O2S. The van der Waals surface area contributed by atoms with Gasteiger partial charge in [-0.05, 0) is 56.5 Å². The third-order valence-electron chi connectivity index (χ3n) is 3.54. The van der Waals surface area contributed by atoms with Crippen LogP contribution in [0.1, 0.15) is 30.4 Å². The zero-order valence-corrected chi connectivity index (χ0v) is 12.3. The minimum atomic E-state index is -3.49. The third kappa shape index (κ3) is 3.57. The van der Waals surface area contributed by atoms with Gasteiger partial charge >= 0.3 is 0 Å². The van der Waals surface area contributed by atoms with E-state index >= 15 is 0 Å². The van der Waals surface area contributed by atoms with Crippen molar-refractivity contribution >= 4 is 10.0 Å². The second-order valence-electron chi connectivity index (χ2n) is 5.07. The average molecular weight is 293 g/mol. The van der Waals surface area contributed by atoms with Gasteiger partial charge in [0.25, 0.3) is 0 Å². The van der Waals surface area contributed by atoms with E-state index < -0.39 is 10.0 Å². The van der Waals surface area contributed by atoms with E-state index in [2.05, 4.69) is 10.0 Å². The van der Waals surface area contributed by atoms with Crippen LogP contribution in [0.5, 0.6) is 0 Å². The molecular weight excluding hydrogens is 274 g/mol. The molecule has 2 N–H and O–H groups in total. The molecule has 2 rings (SSSR count). The van der Waals surface area contributed by atoms with E-state index in [1.165, 1.54) is 12.1 Å². The SMILES string of the molecule is Cc1cc(C#N)ccc1S(=O)(=O)NCC[C@@H]1CCCN1. The highest BCUT2D eigenvalue weighted by atomic mass is 32.2. The smallest absolute Gasteiger partial charge is 0.240 e. The van der Waals surface area contributed by atoms with Crippen molar-refractivity contribution in [2.45, 2.75) is 37.1 Å². The van der Waals surface area contributed by atoms with Gasteiger partial charge in [-0.1, -0.05) is 0 Å². The lowest BCUT2D eigenvalue weighted by atomic mass is 10.2. The fourth-order valence-electron chi connectivity index (χ4n) is 2.47. The molecule has 0 saturated carbocycles. The van der Waals surface area contributed by atoms with Gasteiger partial charge in [0.1, 0.15) is 0 Å². The van der Waals surface area contributed by atoms with Crippen molar-refractivity contribution in [2.24, 2.45) is 0 Å². The van der Waals surface area contributed by atoms with Crippen LogP contribution in [0.15, 0.2) is 23.1 Å². The molecule has 0 aromatic heterocycles. The molecule has 0 unspecified atom stereocenters. The lowest BCUT2D eigenvalue weighted by Gasteiger charge is -2.12. The molecule has 20 heavy (non-hydrogen) atoms. The van der Waals surface area contributed by atoms with Crippen molar-refractivity contribution in [1.82, 2.24) is 10.0 Å². The number of aryl methyl sites for hydroxylation is 1. The fraction of sp³-hybridized carbons (Fsp3) is 0.500. The highest BCUT2D eigenvalue weighted by Crippen LogP contribution is 2.16. The maximum atomic E-state index is 12.2. The summed E-state index contributed by atoms with van der Waals surface area (Å²) in [5.74, 6) is 0. The van der Waals surface area contributed by atoms with Gasteiger partial charge in [0, 0.05) is 12.6 Å². The summed E-state index contributed by atoms with van der Waals surface area (Å²) in [6.45, 7) is 3.15. The van der Waals surface area contributed by atoms with E-state index in [0.29, 0.717) is 23.7 Å². The maximum Gasteiger partial charge on any atom is 0.240 e. The Kier molecular flexibility index (Phi) is 4.76. The monoisotopic (exact) mass is 293 g/mol. The van der Waals surface area contributed by atoms with E-state index in [1.54, 1.807) is 13.0 Å². The Labute approximate surface area is 120 Å². The molecule has 0 aliphatic carbocycles. The van der Waals surface area contributed by atoms with Crippen molar-refractivity contribution in [1.29, 1.82) is 5.26 Å². The number of rotatable bonds is 5. The van der Waals surface area contributed by atoms with E-state index in [4.69, 9.17) is 5.26 Å². The van der Waals surface area contributed by atoms with Crippen molar-refractivity contribution in [2.75, 3.05) is 13.1 Å². The van der Waals surface area contributed by atoms with E-state index in [1.807, 2.05) is 6.07 Å². The minimum absolute atomic E-state index is 0.246. The zero-order chi connectivity index (χ0) is 14.6. The molecule has 1 fully saturated rings. The topological polar surface area (TPSA) is 82.0 Å². The summed E-state index contributed by atoms with van der Waals surface area (Å²) < 4.78 is 27.1. The van der Waals surface area contributed by atoms with Crippen LogP contribution in [-0.4, -0.2) is 27.5 Å². The maximum absolute atomic E-state index is 12.2. The third-order valence-corrected chi connectivity index (χ3v) is 5.16. The van der Waals surface area contributed by atoms with E-state index in [9.17, 15) is 8.42 Å². The van der Waals surface area contributed by atoms with Gasteiger partial charge in [-0.2, -0.15) is 5.26 Å². The Bertz CT molecular complexity index is 614. The summed E-state index contributed by atoms with van der Waals surface area (Å²) in [4.78, 5) is 0.246. The average Bonchev–Trinajstić information content (AvgIpc) is 2.91. The Morgan fingerprint density at radius 1 is 1.50 bits per heavy atom. The quantitative estimate of drug-likeness (QED) is 0.857. The second kappa shape index (κ2) is 6.35. The van der Waals surface area contributed by atoms with Gasteiger partial charge in [0.05, 0.1) is 16.5 Å². The van der Waals surface area contributed by atoms with Crippen LogP contribution in [0.4, 0.5) is 0 Å². The van der Waals surface area contributed by atoms with Gasteiger partial charge in [-0.25, -0.2) is 13.1 Å². The number of hydrogen-bond acceptors (Lipinski definition) is 4. The van der Waals surface area contributed by atoms with Crippen LogP contribution < -0.4 is 10.0 Å². The molecule has 1 atom stereocenters. The molecule has 1 aromatic carbocycles. The van der Waals surface area contributed by atoms with Crippen molar-refractivity contribution in [3.63, 3.8) is 0 Å². The molecule has 0 amide bonds. The van der Waals surface area contributed by atoms with Crippen LogP contribution in [0.2, 0.25) is 0 Å². The Balaban J connectivity index is 2.00. The molecule has 108 valence electrons. The summed E-state index contributed by atoms with van der Waals surface area (Å²) in [5.41, 5.74) is 1.06. The van der Waals surface area contributed by atoms with Gasteiger partial charge in [0.15, 0.2) is 0 Å². The number of nitrogens with zero attached hydrogens (tertiary/aromatic N) is 1. The summed E-state index contributed by atoms with van der Waals surface area (Å²) in [6.07, 6.45) is 3.07. The van der Waals surface area contributed by atoms with Crippen LogP contribution in [0.3, 0.4) is 0 Å². The van der Waals surface area contributed by atoms with Crippen LogP contribution >= 0.6 is 0 Å². The molecule has 0 bridgehead atoms. The molecule has 6 heteroatoms. The fourth-order valence-corrected chi connectivity index (χ4v) is 3.74. The molecule has 0 radical (unpaired) electrons. The summed E-state index contributed by atoms with van der Waals surface area (Å²) >= 11 is 0. The summed E-state index contributed by atoms with van der Waals surface area (Å²) in [7, 11) is -3.49. The second-order valence-corrected chi connectivity index (χ2v) is 6.81. The van der Waals surface area contributed by atoms with Gasteiger partial charge in [-0.15, -0.1) is 0 Å². The van der Waals surface area contributed by atoms with Gasteiger partial charge in [-0.3, -0.25) is 0 Å². The van der Waals surface area contributed by atoms with E-state index in [0.717, 1.165) is 25.8 Å². The summed E-state index contributed by atoms with van der Waals surface area (Å²) in [5, 5.41) is 12.1. The van der Waals surface area contributed by atoms with Crippen molar-refractivity contribution in [3.8, 4) is 6.07 Å². The molecule has 1 aliphatic heterocycles. The highest BCUT2D eigenvalue weighted by molar-refractivity contribution is 7.89. The lowest BCUT2D eigenvalue weighted by molar-refractivity contribution is 0.539. The van der Waals surface area contributed by atoms with E-state index in [-0.39, 0.29) is 4.90 Å². The van der Waals surface area contributed by atoms with Gasteiger partial charge < -0.3 is 5.32 Å². The standard InChI is InChI=1S/C14H19N3O2S/c1-11-9-12(10-15)4-5-14(11)20(18,19)17-8-6-13-3-2-7-16-13/h4-5,9,13,16-17H,2-3,6-8H2,1H3/t13-/m0/s1. The molecule has 5 nitrogen and oxygen atoms in total. The summed E-state index contributed by atoms with van der Waals surface area (Å²) in [6, 6.07) is 7.03. The van der Waals surface area contributed by atoms with Gasteiger partial charge in [0.2, 0.25) is 10.0 Å². The van der Waals surface area contributed by atoms with Crippen LogP contribution in [-0.2, 0) is 10.0 Å². The van der Waals surface area contributed by atoms with Crippen molar-refractivity contribution in [3.05, 3.63) is 29.3 Å². The first-order valence-corrected chi connectivity index (χ1v) is 8.25.